The van der Waals surface area contributed by atoms with Crippen LogP contribution < -0.4 is 0 Å². The summed E-state index contributed by atoms with van der Waals surface area (Å²) in [6.07, 6.45) is 3.69. The third-order valence-corrected chi connectivity index (χ3v) is 2.80. The quantitative estimate of drug-likeness (QED) is 0.752. The zero-order valence-electron chi connectivity index (χ0n) is 10.5. The minimum atomic E-state index is 0.0655. The topological polar surface area (TPSA) is 22.1 Å². The summed E-state index contributed by atoms with van der Waals surface area (Å²) in [7, 11) is 1.72. The molecule has 2 nitrogen and oxygen atoms in total. The van der Waals surface area contributed by atoms with Crippen LogP contribution in [0.1, 0.15) is 38.4 Å². The fourth-order valence-electron chi connectivity index (χ4n) is 1.59. The molecule has 16 heavy (non-hydrogen) atoms. The Kier molecular flexibility index (Phi) is 4.75. The summed E-state index contributed by atoms with van der Waals surface area (Å²) in [6.45, 7) is 7.25. The number of aryl methyl sites for hydroxylation is 1. The highest BCUT2D eigenvalue weighted by Crippen LogP contribution is 2.29. The van der Waals surface area contributed by atoms with E-state index < -0.39 is 0 Å². The van der Waals surface area contributed by atoms with Crippen molar-refractivity contribution >= 4 is 11.6 Å². The molecule has 1 heterocycles. The molecule has 0 saturated carbocycles. The highest BCUT2D eigenvalue weighted by atomic mass is 35.5. The average molecular weight is 242 g/mol. The van der Waals surface area contributed by atoms with Gasteiger partial charge in [-0.3, -0.25) is 4.98 Å². The molecule has 0 spiro atoms. The monoisotopic (exact) mass is 241 g/mol. The van der Waals surface area contributed by atoms with Gasteiger partial charge in [-0.2, -0.15) is 0 Å². The van der Waals surface area contributed by atoms with Gasteiger partial charge in [-0.05, 0) is 29.9 Å². The molecule has 0 amide bonds. The van der Waals surface area contributed by atoms with E-state index in [1.54, 1.807) is 13.3 Å². The summed E-state index contributed by atoms with van der Waals surface area (Å²) in [5, 5.41) is 0.753. The van der Waals surface area contributed by atoms with E-state index in [9.17, 15) is 0 Å². The Labute approximate surface area is 103 Å². The predicted octanol–water partition coefficient (Wildman–Crippen LogP) is 3.61. The van der Waals surface area contributed by atoms with Crippen LogP contribution >= 0.6 is 11.6 Å². The zero-order valence-corrected chi connectivity index (χ0v) is 11.3. The summed E-state index contributed by atoms with van der Waals surface area (Å²) in [5.74, 6) is 0. The second-order valence-electron chi connectivity index (χ2n) is 5.00. The average Bonchev–Trinajstić information content (AvgIpc) is 2.19. The number of methoxy groups -OCH3 is 1. The first-order valence-corrected chi connectivity index (χ1v) is 5.97. The van der Waals surface area contributed by atoms with Crippen LogP contribution in [-0.2, 0) is 16.6 Å². The number of hydrogen-bond donors (Lipinski definition) is 0. The minimum absolute atomic E-state index is 0.0655. The van der Waals surface area contributed by atoms with E-state index in [2.05, 4.69) is 31.8 Å². The van der Waals surface area contributed by atoms with E-state index in [-0.39, 0.29) is 5.41 Å². The van der Waals surface area contributed by atoms with Crippen LogP contribution in [0.2, 0.25) is 5.02 Å². The molecule has 3 heteroatoms. The van der Waals surface area contributed by atoms with Crippen molar-refractivity contribution in [2.24, 2.45) is 0 Å². The molecule has 0 aromatic carbocycles. The predicted molar refractivity (Wildman–Crippen MR) is 68.1 cm³/mol. The van der Waals surface area contributed by atoms with Gasteiger partial charge in [0.05, 0.1) is 5.02 Å². The molecule has 0 aliphatic heterocycles. The van der Waals surface area contributed by atoms with Crippen LogP contribution in [0.4, 0.5) is 0 Å². The number of aromatic nitrogens is 1. The van der Waals surface area contributed by atoms with Gasteiger partial charge in [0.25, 0.3) is 0 Å². The SMILES string of the molecule is COCCCc1cc(C(C)(C)C)c(Cl)cn1. The fourth-order valence-corrected chi connectivity index (χ4v) is 1.98. The Morgan fingerprint density at radius 2 is 2.06 bits per heavy atom. The van der Waals surface area contributed by atoms with E-state index in [0.29, 0.717) is 0 Å². The minimum Gasteiger partial charge on any atom is -0.385 e. The first-order chi connectivity index (χ1) is 7.45. The van der Waals surface area contributed by atoms with Crippen molar-refractivity contribution < 1.29 is 4.74 Å². The maximum Gasteiger partial charge on any atom is 0.0626 e. The van der Waals surface area contributed by atoms with Gasteiger partial charge >= 0.3 is 0 Å². The van der Waals surface area contributed by atoms with Crippen LogP contribution in [0.25, 0.3) is 0 Å². The van der Waals surface area contributed by atoms with E-state index in [4.69, 9.17) is 16.3 Å². The van der Waals surface area contributed by atoms with Gasteiger partial charge in [0.1, 0.15) is 0 Å². The van der Waals surface area contributed by atoms with Crippen molar-refractivity contribution in [2.45, 2.75) is 39.0 Å². The van der Waals surface area contributed by atoms with Crippen LogP contribution in [0.5, 0.6) is 0 Å². The van der Waals surface area contributed by atoms with Gasteiger partial charge in [-0.25, -0.2) is 0 Å². The maximum absolute atomic E-state index is 6.15. The van der Waals surface area contributed by atoms with Crippen molar-refractivity contribution in [3.05, 3.63) is 28.5 Å². The summed E-state index contributed by atoms with van der Waals surface area (Å²) in [4.78, 5) is 4.34. The number of halogens is 1. The lowest BCUT2D eigenvalue weighted by Gasteiger charge is -2.21. The molecule has 0 fully saturated rings. The van der Waals surface area contributed by atoms with Gasteiger partial charge in [0.15, 0.2) is 0 Å². The molecule has 1 aromatic heterocycles. The van der Waals surface area contributed by atoms with Gasteiger partial charge in [0.2, 0.25) is 0 Å². The number of hydrogen-bond acceptors (Lipinski definition) is 2. The van der Waals surface area contributed by atoms with E-state index in [1.165, 1.54) is 0 Å². The second kappa shape index (κ2) is 5.65. The van der Waals surface area contributed by atoms with Crippen LogP contribution in [0.15, 0.2) is 12.3 Å². The lowest BCUT2D eigenvalue weighted by atomic mass is 9.87. The number of nitrogens with zero attached hydrogens (tertiary/aromatic N) is 1. The standard InChI is InChI=1S/C13H20ClNO/c1-13(2,3)11-8-10(6-5-7-16-4)15-9-12(11)14/h8-9H,5-7H2,1-4H3. The molecular formula is C13H20ClNO. The van der Waals surface area contributed by atoms with Crippen molar-refractivity contribution in [3.63, 3.8) is 0 Å². The molecule has 1 rings (SSSR count). The van der Waals surface area contributed by atoms with Crippen LogP contribution in [-0.4, -0.2) is 18.7 Å². The third-order valence-electron chi connectivity index (χ3n) is 2.50. The molecule has 1 aromatic rings. The highest BCUT2D eigenvalue weighted by molar-refractivity contribution is 6.31. The van der Waals surface area contributed by atoms with Gasteiger partial charge in [-0.15, -0.1) is 0 Å². The van der Waals surface area contributed by atoms with E-state index in [1.807, 2.05) is 0 Å². The van der Waals surface area contributed by atoms with Gasteiger partial charge in [-0.1, -0.05) is 32.4 Å². The van der Waals surface area contributed by atoms with Crippen molar-refractivity contribution in [1.82, 2.24) is 4.98 Å². The maximum atomic E-state index is 6.15. The van der Waals surface area contributed by atoms with Crippen LogP contribution in [0, 0.1) is 0 Å². The van der Waals surface area contributed by atoms with Crippen molar-refractivity contribution in [2.75, 3.05) is 13.7 Å². The number of pyridine rings is 1. The molecule has 0 atom stereocenters. The lowest BCUT2D eigenvalue weighted by molar-refractivity contribution is 0.195. The molecule has 0 aliphatic rings. The Hall–Kier alpha value is -0.600. The molecule has 0 radical (unpaired) electrons. The third kappa shape index (κ3) is 3.76. The molecule has 0 saturated heterocycles. The van der Waals surface area contributed by atoms with Crippen molar-refractivity contribution in [1.29, 1.82) is 0 Å². The molecule has 90 valence electrons. The number of ether oxygens (including phenoxy) is 1. The zero-order chi connectivity index (χ0) is 12.2. The first-order valence-electron chi connectivity index (χ1n) is 5.59. The van der Waals surface area contributed by atoms with E-state index in [0.717, 1.165) is 35.7 Å². The largest absolute Gasteiger partial charge is 0.385 e. The fraction of sp³-hybridized carbons (Fsp3) is 0.615. The lowest BCUT2D eigenvalue weighted by Crippen LogP contribution is -2.13. The van der Waals surface area contributed by atoms with Gasteiger partial charge < -0.3 is 4.74 Å². The molecule has 0 N–H and O–H groups in total. The molecular weight excluding hydrogens is 222 g/mol. The Bertz CT molecular complexity index is 344. The normalized spacial score (nSPS) is 11.8. The summed E-state index contributed by atoms with van der Waals surface area (Å²) < 4.78 is 5.03. The Balaban J connectivity index is 2.82. The van der Waals surface area contributed by atoms with E-state index >= 15 is 0 Å². The summed E-state index contributed by atoms with van der Waals surface area (Å²) in [5.41, 5.74) is 2.32. The molecule has 0 unspecified atom stereocenters. The van der Waals surface area contributed by atoms with Crippen LogP contribution in [0.3, 0.4) is 0 Å². The first kappa shape index (κ1) is 13.5. The smallest absolute Gasteiger partial charge is 0.0626 e. The van der Waals surface area contributed by atoms with Crippen molar-refractivity contribution in [3.8, 4) is 0 Å². The molecule has 0 bridgehead atoms. The molecule has 0 aliphatic carbocycles. The highest BCUT2D eigenvalue weighted by Gasteiger charge is 2.18. The summed E-state index contributed by atoms with van der Waals surface area (Å²) >= 11 is 6.15. The number of rotatable bonds is 4. The summed E-state index contributed by atoms with van der Waals surface area (Å²) in [6, 6.07) is 2.11. The Morgan fingerprint density at radius 1 is 1.38 bits per heavy atom. The Morgan fingerprint density at radius 3 is 2.62 bits per heavy atom. The van der Waals surface area contributed by atoms with Gasteiger partial charge in [0, 0.05) is 25.6 Å². The second-order valence-corrected chi connectivity index (χ2v) is 5.41.